The molecule has 2 nitrogen and oxygen atoms in total. The van der Waals surface area contributed by atoms with Gasteiger partial charge in [0.1, 0.15) is 17.7 Å². The fourth-order valence-electron chi connectivity index (χ4n) is 8.97. The van der Waals surface area contributed by atoms with Gasteiger partial charge in [0.25, 0.3) is 0 Å². The van der Waals surface area contributed by atoms with Crippen LogP contribution in [0.3, 0.4) is 0 Å². The molecule has 6 saturated carbocycles. The zero-order valence-electron chi connectivity index (χ0n) is 9.64. The van der Waals surface area contributed by atoms with E-state index in [2.05, 4.69) is 12.1 Å². The first-order valence-electron chi connectivity index (χ1n) is 6.86. The molecule has 0 saturated heterocycles. The number of hydrogen-bond donors (Lipinski definition) is 0. The van der Waals surface area contributed by atoms with Crippen molar-refractivity contribution < 1.29 is 0 Å². The van der Waals surface area contributed by atoms with Gasteiger partial charge in [0.05, 0.1) is 0 Å². The van der Waals surface area contributed by atoms with Gasteiger partial charge in [-0.1, -0.05) is 12.8 Å². The molecule has 0 aliphatic heterocycles. The Balaban J connectivity index is 1.73. The fraction of sp³-hybridized carbons (Fsp3) is 0.733. The summed E-state index contributed by atoms with van der Waals surface area (Å²) in [7, 11) is 0. The lowest BCUT2D eigenvalue weighted by Crippen LogP contribution is -2.31. The van der Waals surface area contributed by atoms with Crippen molar-refractivity contribution in [1.29, 1.82) is 10.5 Å². The third-order valence-corrected chi connectivity index (χ3v) is 8.09. The smallest absolute Gasteiger partial charge is 0.130 e. The Hall–Kier alpha value is -1.28. The summed E-state index contributed by atoms with van der Waals surface area (Å²) in [5.41, 5.74) is 4.62. The van der Waals surface area contributed by atoms with E-state index in [0.717, 1.165) is 0 Å². The van der Waals surface area contributed by atoms with Crippen molar-refractivity contribution in [1.82, 2.24) is 0 Å². The molecular weight excluding hydrogens is 208 g/mol. The summed E-state index contributed by atoms with van der Waals surface area (Å²) in [4.78, 5) is 0. The molecule has 6 aliphatic carbocycles. The van der Waals surface area contributed by atoms with Crippen LogP contribution in [0.15, 0.2) is 11.1 Å². The molecule has 0 aromatic carbocycles. The molecule has 5 spiro atoms. The molecule has 0 bridgehead atoms. The molecule has 6 fully saturated rings. The monoisotopic (exact) mass is 220 g/mol. The summed E-state index contributed by atoms with van der Waals surface area (Å²) in [6.45, 7) is 0. The minimum Gasteiger partial charge on any atom is -0.192 e. The number of nitrogens with zero attached hydrogens (tertiary/aromatic N) is 2. The average Bonchev–Trinajstić information content (AvgIpc) is 2.94. The molecule has 0 heterocycles. The highest BCUT2D eigenvalue weighted by molar-refractivity contribution is 5.93. The van der Waals surface area contributed by atoms with Crippen LogP contribution in [0, 0.1) is 49.7 Å². The molecule has 6 rings (SSSR count). The van der Waals surface area contributed by atoms with Crippen molar-refractivity contribution in [3.05, 3.63) is 11.1 Å². The first kappa shape index (κ1) is 7.93. The van der Waals surface area contributed by atoms with Gasteiger partial charge in [0.15, 0.2) is 0 Å². The minimum atomic E-state index is 0.404. The van der Waals surface area contributed by atoms with Crippen LogP contribution in [0.25, 0.3) is 0 Å². The number of hydrogen-bond acceptors (Lipinski definition) is 2. The second kappa shape index (κ2) is 1.52. The standard InChI is InChI=1S/C15H12N2/c16-7-9(8-17)10-11-3-1-5-13(11)14-6-2-4-12(10,14)15(11,13)14/h1-6H2. The highest BCUT2D eigenvalue weighted by atomic mass is 15.4. The fourth-order valence-corrected chi connectivity index (χ4v) is 8.97. The van der Waals surface area contributed by atoms with Crippen LogP contribution in [0.1, 0.15) is 38.5 Å². The van der Waals surface area contributed by atoms with Gasteiger partial charge in [0.2, 0.25) is 0 Å². The SMILES string of the molecule is N#CC(C#N)=C1C23CCCC24C25CCCC12C345. The summed E-state index contributed by atoms with van der Waals surface area (Å²) >= 11 is 0. The average molecular weight is 220 g/mol. The number of allylic oxidation sites excluding steroid dienone is 2. The number of rotatable bonds is 0. The summed E-state index contributed by atoms with van der Waals surface area (Å²) in [5.74, 6) is 0. The van der Waals surface area contributed by atoms with Gasteiger partial charge in [-0.25, -0.2) is 0 Å². The van der Waals surface area contributed by atoms with Crippen molar-refractivity contribution in [3.8, 4) is 12.1 Å². The van der Waals surface area contributed by atoms with Crippen molar-refractivity contribution >= 4 is 0 Å². The van der Waals surface area contributed by atoms with E-state index in [4.69, 9.17) is 0 Å². The van der Waals surface area contributed by atoms with E-state index in [1.807, 2.05) is 0 Å². The summed E-state index contributed by atoms with van der Waals surface area (Å²) in [5, 5.41) is 18.5. The molecule has 4 atom stereocenters. The van der Waals surface area contributed by atoms with Gasteiger partial charge in [-0.3, -0.25) is 0 Å². The normalized spacial score (nSPS) is 68.7. The van der Waals surface area contributed by atoms with Gasteiger partial charge in [-0.2, -0.15) is 10.5 Å². The van der Waals surface area contributed by atoms with E-state index in [0.29, 0.717) is 32.6 Å². The van der Waals surface area contributed by atoms with E-state index in [9.17, 15) is 10.5 Å². The molecule has 82 valence electrons. The lowest BCUT2D eigenvalue weighted by molar-refractivity contribution is 0.263. The van der Waals surface area contributed by atoms with Crippen LogP contribution in [-0.4, -0.2) is 0 Å². The Morgan fingerprint density at radius 2 is 1.41 bits per heavy atom. The van der Waals surface area contributed by atoms with E-state index >= 15 is 0 Å². The quantitative estimate of drug-likeness (QED) is 0.589. The predicted octanol–water partition coefficient (Wildman–Crippen LogP) is 2.68. The van der Waals surface area contributed by atoms with Crippen LogP contribution < -0.4 is 0 Å². The summed E-state index contributed by atoms with van der Waals surface area (Å²) in [6.07, 6.45) is 8.07. The molecule has 0 amide bonds. The van der Waals surface area contributed by atoms with Crippen molar-refractivity contribution in [2.24, 2.45) is 27.1 Å². The van der Waals surface area contributed by atoms with Gasteiger partial charge in [-0.15, -0.1) is 0 Å². The second-order valence-corrected chi connectivity index (χ2v) is 7.05. The minimum absolute atomic E-state index is 0.404. The maximum atomic E-state index is 9.24. The highest BCUT2D eigenvalue weighted by Gasteiger charge is 3.37. The van der Waals surface area contributed by atoms with Crippen molar-refractivity contribution in [2.45, 2.75) is 38.5 Å². The lowest BCUT2D eigenvalue weighted by atomic mass is 9.64. The maximum Gasteiger partial charge on any atom is 0.130 e. The van der Waals surface area contributed by atoms with Crippen molar-refractivity contribution in [3.63, 3.8) is 0 Å². The largest absolute Gasteiger partial charge is 0.192 e. The molecule has 17 heavy (non-hydrogen) atoms. The van der Waals surface area contributed by atoms with E-state index in [1.54, 1.807) is 0 Å². The van der Waals surface area contributed by atoms with Crippen LogP contribution in [-0.2, 0) is 0 Å². The zero-order chi connectivity index (χ0) is 11.3. The molecule has 6 aliphatic rings. The van der Waals surface area contributed by atoms with Gasteiger partial charge >= 0.3 is 0 Å². The highest BCUT2D eigenvalue weighted by Crippen LogP contribution is 3.40. The molecule has 0 aromatic heterocycles. The second-order valence-electron chi connectivity index (χ2n) is 7.05. The van der Waals surface area contributed by atoms with Crippen molar-refractivity contribution in [2.75, 3.05) is 0 Å². The topological polar surface area (TPSA) is 47.6 Å². The Morgan fingerprint density at radius 3 is 1.88 bits per heavy atom. The third-order valence-electron chi connectivity index (χ3n) is 8.09. The molecule has 2 heteroatoms. The first-order chi connectivity index (χ1) is 8.31. The molecular formula is C15H12N2. The third kappa shape index (κ3) is 0.283. The molecule has 0 aromatic rings. The summed E-state index contributed by atoms with van der Waals surface area (Å²) < 4.78 is 0. The predicted molar refractivity (Wildman–Crippen MR) is 58.1 cm³/mol. The van der Waals surface area contributed by atoms with E-state index in [-0.39, 0.29) is 0 Å². The Kier molecular flexibility index (Phi) is 0.709. The Morgan fingerprint density at radius 1 is 0.882 bits per heavy atom. The van der Waals surface area contributed by atoms with Crippen LogP contribution in [0.5, 0.6) is 0 Å². The van der Waals surface area contributed by atoms with E-state index in [1.165, 1.54) is 44.1 Å². The van der Waals surface area contributed by atoms with Crippen LogP contribution in [0.2, 0.25) is 0 Å². The molecule has 0 N–H and O–H groups in total. The maximum absolute atomic E-state index is 9.24. The van der Waals surface area contributed by atoms with Gasteiger partial charge < -0.3 is 0 Å². The lowest BCUT2D eigenvalue weighted by Gasteiger charge is -2.37. The first-order valence-corrected chi connectivity index (χ1v) is 6.86. The van der Waals surface area contributed by atoms with Crippen LogP contribution >= 0.6 is 0 Å². The Labute approximate surface area is 99.9 Å². The van der Waals surface area contributed by atoms with Crippen LogP contribution in [0.4, 0.5) is 0 Å². The van der Waals surface area contributed by atoms with Gasteiger partial charge in [0, 0.05) is 16.2 Å². The summed E-state index contributed by atoms with van der Waals surface area (Å²) in [6, 6.07) is 4.41. The molecule has 4 unspecified atom stereocenters. The number of nitriles is 2. The Bertz CT molecular complexity index is 591. The zero-order valence-corrected chi connectivity index (χ0v) is 9.64. The van der Waals surface area contributed by atoms with Gasteiger partial charge in [-0.05, 0) is 42.1 Å². The molecule has 0 radical (unpaired) electrons. The van der Waals surface area contributed by atoms with E-state index < -0.39 is 0 Å².